The molecule has 0 aliphatic carbocycles. The monoisotopic (exact) mass is 965 g/mol. The summed E-state index contributed by atoms with van der Waals surface area (Å²) in [5.74, 6) is -4.49. The zero-order chi connectivity index (χ0) is 49.5. The molecule has 19 nitrogen and oxygen atoms in total. The number of nitrogen functional groups attached to an aromatic ring is 1. The van der Waals surface area contributed by atoms with E-state index in [9.17, 15) is 19.8 Å². The molecule has 19 atom stereocenters. The molecule has 4 saturated heterocycles. The van der Waals surface area contributed by atoms with Crippen molar-refractivity contribution in [2.75, 3.05) is 39.8 Å². The molecule has 2 aromatic rings. The number of thioether (sulfide) groups is 1. The van der Waals surface area contributed by atoms with Crippen molar-refractivity contribution in [3.8, 4) is 0 Å². The highest BCUT2D eigenvalue weighted by atomic mass is 32.2. The van der Waals surface area contributed by atoms with Crippen molar-refractivity contribution < 1.29 is 62.5 Å². The third kappa shape index (κ3) is 10.5. The molecule has 0 radical (unpaired) electrons. The minimum Gasteiger partial charge on any atom is -0.458 e. The maximum Gasteiger partial charge on any atom is 0.320 e. The highest BCUT2D eigenvalue weighted by Crippen LogP contribution is 2.49. The molecule has 4 fully saturated rings. The smallest absolute Gasteiger partial charge is 0.320 e. The van der Waals surface area contributed by atoms with Gasteiger partial charge in [0.25, 0.3) is 0 Å². The van der Waals surface area contributed by atoms with Crippen LogP contribution in [0, 0.1) is 29.6 Å². The highest BCUT2D eigenvalue weighted by Gasteiger charge is 2.62. The number of cyclic esters (lactones) is 1. The van der Waals surface area contributed by atoms with Gasteiger partial charge >= 0.3 is 11.9 Å². The average Bonchev–Trinajstić information content (AvgIpc) is 3.82. The van der Waals surface area contributed by atoms with Crippen LogP contribution in [0.4, 0.5) is 5.82 Å². The number of likely N-dealkylation sites (N-methyl/N-ethyl adjacent to an activating group) is 1. The van der Waals surface area contributed by atoms with E-state index < -0.39 is 113 Å². The van der Waals surface area contributed by atoms with Crippen LogP contribution in [0.2, 0.25) is 0 Å². The lowest BCUT2D eigenvalue weighted by Gasteiger charge is -2.50. The number of hydrogen-bond donors (Lipinski definition) is 3. The molecule has 6 heterocycles. The summed E-state index contributed by atoms with van der Waals surface area (Å²) in [4.78, 5) is 59.0. The van der Waals surface area contributed by atoms with E-state index in [-0.39, 0.29) is 43.0 Å². The summed E-state index contributed by atoms with van der Waals surface area (Å²) in [6.07, 6.45) is -4.00. The van der Waals surface area contributed by atoms with Gasteiger partial charge in [-0.05, 0) is 74.9 Å². The summed E-state index contributed by atoms with van der Waals surface area (Å²) in [6, 6.07) is -0.302. The molecule has 20 heteroatoms. The number of ether oxygens (including phenoxy) is 8. The molecule has 4 aliphatic heterocycles. The summed E-state index contributed by atoms with van der Waals surface area (Å²) in [7, 11) is 6.84. The van der Waals surface area contributed by atoms with E-state index in [4.69, 9.17) is 43.6 Å². The Bertz CT molecular complexity index is 2050. The lowest BCUT2D eigenvalue weighted by Crippen LogP contribution is -2.61. The molecule has 0 aromatic carbocycles. The van der Waals surface area contributed by atoms with Crippen LogP contribution in [-0.2, 0) is 58.8 Å². The number of nitrogens with two attached hydrogens (primary N) is 1. The Kier molecular flexibility index (Phi) is 16.8. The van der Waals surface area contributed by atoms with Crippen molar-refractivity contribution in [1.82, 2.24) is 24.4 Å². The number of aryl methyl sites for hydroxylation is 1. The van der Waals surface area contributed by atoms with Gasteiger partial charge in [0, 0.05) is 62.7 Å². The zero-order valence-corrected chi connectivity index (χ0v) is 42.6. The number of anilines is 1. The molecule has 378 valence electrons. The molecule has 4 aliphatic rings. The summed E-state index contributed by atoms with van der Waals surface area (Å²) < 4.78 is 53.5. The zero-order valence-electron chi connectivity index (χ0n) is 41.7. The van der Waals surface area contributed by atoms with Crippen LogP contribution in [0.15, 0.2) is 12.7 Å². The van der Waals surface area contributed by atoms with Crippen LogP contribution in [0.5, 0.6) is 0 Å². The van der Waals surface area contributed by atoms with Crippen molar-refractivity contribution in [3.63, 3.8) is 0 Å². The number of Topliss-reactive ketones (excluding diaryl/α,β-unsaturated/α-hetero) is 1. The minimum absolute atomic E-state index is 0.119. The van der Waals surface area contributed by atoms with Crippen LogP contribution in [0.3, 0.4) is 0 Å². The van der Waals surface area contributed by atoms with Crippen molar-refractivity contribution in [2.45, 2.75) is 185 Å². The van der Waals surface area contributed by atoms with E-state index in [1.807, 2.05) is 65.1 Å². The Labute approximate surface area is 399 Å². The summed E-state index contributed by atoms with van der Waals surface area (Å²) in [5, 5.41) is 22.1. The number of ketones is 1. The number of methoxy groups -OCH3 is 2. The third-order valence-corrected chi connectivity index (χ3v) is 16.6. The molecular weight excluding hydrogens is 889 g/mol. The van der Waals surface area contributed by atoms with E-state index in [0.29, 0.717) is 29.9 Å². The summed E-state index contributed by atoms with van der Waals surface area (Å²) >= 11 is 1.36. The fourth-order valence-electron chi connectivity index (χ4n) is 11.2. The van der Waals surface area contributed by atoms with Crippen molar-refractivity contribution in [1.29, 1.82) is 0 Å². The van der Waals surface area contributed by atoms with Gasteiger partial charge in [-0.2, -0.15) is 0 Å². The number of carbonyl (C=O) groups excluding carboxylic acids is 3. The normalized spacial score (nSPS) is 42.6. The van der Waals surface area contributed by atoms with Crippen molar-refractivity contribution in [3.05, 3.63) is 12.7 Å². The fourth-order valence-corrected chi connectivity index (χ4v) is 12.7. The Hall–Kier alpha value is -3.05. The second kappa shape index (κ2) is 21.1. The first kappa shape index (κ1) is 53.3. The Morgan fingerprint density at radius 2 is 1.61 bits per heavy atom. The number of esters is 2. The Balaban J connectivity index is 1.41. The second-order valence-electron chi connectivity index (χ2n) is 20.3. The molecule has 0 amide bonds. The first-order valence-electron chi connectivity index (χ1n) is 23.7. The molecule has 2 aromatic heterocycles. The number of aromatic nitrogens is 4. The number of carbonyl (C=O) groups is 3. The van der Waals surface area contributed by atoms with Gasteiger partial charge in [-0.3, -0.25) is 14.4 Å². The topological polar surface area (TPSA) is 238 Å². The van der Waals surface area contributed by atoms with Crippen molar-refractivity contribution in [2.24, 2.45) is 29.6 Å². The van der Waals surface area contributed by atoms with Crippen LogP contribution in [-0.4, -0.2) is 170 Å². The van der Waals surface area contributed by atoms with E-state index in [0.717, 1.165) is 0 Å². The van der Waals surface area contributed by atoms with Gasteiger partial charge in [0.2, 0.25) is 0 Å². The SMILES string of the molecule is CC[C@H]1OC(=O)[C@H](C)[C@@H](O[C@H]2C[C@@](C)(OC)[C@@H](O)[C@@H](C)O2)[C@H](C)[C@@H](O[C@@H]2O[C@H](C)C[C@H](N(C)C)[C@H]2O)[C@](C)(OC)C[C@@H](C)C(=O)[C@H](C)C2C(SCCn3cnc4c(N)ncnc43)C(=O)O[C@@]21C. The van der Waals surface area contributed by atoms with E-state index in [1.54, 1.807) is 41.1 Å². The van der Waals surface area contributed by atoms with Gasteiger partial charge in [0.1, 0.15) is 41.2 Å². The lowest BCUT2D eigenvalue weighted by molar-refractivity contribution is -0.319. The molecule has 0 bridgehead atoms. The first-order chi connectivity index (χ1) is 31.4. The predicted molar refractivity (Wildman–Crippen MR) is 248 cm³/mol. The van der Waals surface area contributed by atoms with Crippen LogP contribution in [0.25, 0.3) is 11.2 Å². The van der Waals surface area contributed by atoms with Crippen LogP contribution < -0.4 is 5.73 Å². The third-order valence-electron chi connectivity index (χ3n) is 15.3. The van der Waals surface area contributed by atoms with Gasteiger partial charge in [-0.15, -0.1) is 11.8 Å². The molecule has 6 rings (SSSR count). The second-order valence-corrected chi connectivity index (χ2v) is 21.5. The van der Waals surface area contributed by atoms with E-state index in [1.165, 1.54) is 25.2 Å². The fraction of sp³-hybridized carbons (Fsp3) is 0.830. The molecular formula is C47H76N6O13S. The Morgan fingerprint density at radius 1 is 0.925 bits per heavy atom. The van der Waals surface area contributed by atoms with Gasteiger partial charge in [0.05, 0.1) is 47.9 Å². The number of fused-ring (bicyclic) bond motifs is 2. The molecule has 67 heavy (non-hydrogen) atoms. The van der Waals surface area contributed by atoms with Crippen molar-refractivity contribution >= 4 is 46.5 Å². The largest absolute Gasteiger partial charge is 0.458 e. The van der Waals surface area contributed by atoms with E-state index in [2.05, 4.69) is 15.0 Å². The Morgan fingerprint density at radius 3 is 2.25 bits per heavy atom. The predicted octanol–water partition coefficient (Wildman–Crippen LogP) is 3.78. The number of aliphatic hydroxyl groups excluding tert-OH is 2. The van der Waals surface area contributed by atoms with Gasteiger partial charge in [-0.25, -0.2) is 15.0 Å². The van der Waals surface area contributed by atoms with Crippen LogP contribution >= 0.6 is 11.8 Å². The lowest BCUT2D eigenvalue weighted by atomic mass is 9.70. The van der Waals surface area contributed by atoms with E-state index >= 15 is 4.79 Å². The average molecular weight is 965 g/mol. The standard InChI is InChI=1S/C47H76N6O13S/c1-15-30-47(10)32(37(43(58)66-47)67-17-16-53-22-51-33-40(48)49-21-50-41(33)53)25(4)34(54)23(2)19-46(9,60-14)39(65-44-35(55)29(52(11)12)18-24(3)61-44)26(5)36(27(6)42(57)63-30)64-31-20-45(8,59-13)38(56)28(7)62-31/h21-32,35-39,44,55-56H,15-20H2,1-14H3,(H2,48,49,50)/t23-,24-,25-,26+,27-,28-,29+,30-,31+,32?,35-,36+,37?,38+,39-,44+,45-,46-,47-/m1/s1. The number of imidazole rings is 1. The summed E-state index contributed by atoms with van der Waals surface area (Å²) in [5.41, 5.74) is 3.34. The first-order valence-corrected chi connectivity index (χ1v) is 24.7. The number of rotatable bonds is 12. The highest BCUT2D eigenvalue weighted by molar-refractivity contribution is 8.00. The quantitative estimate of drug-likeness (QED) is 0.257. The minimum atomic E-state index is -1.41. The number of hydrogen-bond acceptors (Lipinski definition) is 19. The van der Waals surface area contributed by atoms with Crippen LogP contribution in [0.1, 0.15) is 94.9 Å². The molecule has 0 saturated carbocycles. The molecule has 4 N–H and O–H groups in total. The van der Waals surface area contributed by atoms with Gasteiger partial charge in [-0.1, -0.05) is 27.7 Å². The molecule has 2 unspecified atom stereocenters. The van der Waals surface area contributed by atoms with Gasteiger partial charge in [0.15, 0.2) is 29.6 Å². The molecule has 0 spiro atoms. The summed E-state index contributed by atoms with van der Waals surface area (Å²) in [6.45, 7) is 18.6. The number of nitrogens with zero attached hydrogens (tertiary/aromatic N) is 5. The van der Waals surface area contributed by atoms with Gasteiger partial charge < -0.3 is 63.3 Å². The maximum absolute atomic E-state index is 15.1. The number of aliphatic hydroxyl groups is 2. The maximum atomic E-state index is 15.1.